The van der Waals surface area contributed by atoms with Gasteiger partial charge in [0.15, 0.2) is 6.10 Å². The van der Waals surface area contributed by atoms with Gasteiger partial charge in [0.1, 0.15) is 11.2 Å². The Morgan fingerprint density at radius 1 is 1.90 bits per heavy atom. The molecule has 0 amide bonds. The Hall–Kier alpha value is 0.200. The molecule has 60 valence electrons. The Morgan fingerprint density at radius 3 is 3.00 bits per heavy atom. The van der Waals surface area contributed by atoms with Crippen LogP contribution < -0.4 is 17.7 Å². The fourth-order valence-corrected chi connectivity index (χ4v) is 1.23. The van der Waals surface area contributed by atoms with Crippen molar-refractivity contribution in [1.29, 1.82) is 0 Å². The molecule has 0 aromatic rings. The van der Waals surface area contributed by atoms with Crippen molar-refractivity contribution >= 4 is 20.6 Å². The molecule has 1 aliphatic heterocycles. The summed E-state index contributed by atoms with van der Waals surface area (Å²) in [4.78, 5) is 5.02. The summed E-state index contributed by atoms with van der Waals surface area (Å²) in [6.45, 7) is 0.985. The van der Waals surface area contributed by atoms with E-state index in [4.69, 9.17) is 4.84 Å². The fraction of sp³-hybridized carbons (Fsp3) is 0.800. The van der Waals surface area contributed by atoms with Gasteiger partial charge in [0, 0.05) is 6.42 Å². The third kappa shape index (κ3) is 2.86. The van der Waals surface area contributed by atoms with Crippen molar-refractivity contribution in [2.24, 2.45) is 5.16 Å². The van der Waals surface area contributed by atoms with Gasteiger partial charge in [-0.25, -0.2) is 0 Å². The minimum absolute atomic E-state index is 0. The lowest BCUT2D eigenvalue weighted by Crippen LogP contribution is -3.00. The summed E-state index contributed by atoms with van der Waals surface area (Å²) in [6.07, 6.45) is 1.20. The summed E-state index contributed by atoms with van der Waals surface area (Å²) < 4.78 is 0.925. The molecule has 1 unspecified atom stereocenters. The molecule has 0 aliphatic carbocycles. The highest BCUT2D eigenvalue weighted by atomic mass is 79.9. The molecule has 0 saturated carbocycles. The lowest BCUT2D eigenvalue weighted by molar-refractivity contribution is -0.633. The third-order valence-electron chi connectivity index (χ3n) is 1.20. The van der Waals surface area contributed by atoms with Gasteiger partial charge in [-0.1, -0.05) is 5.16 Å². The van der Waals surface area contributed by atoms with E-state index in [0.29, 0.717) is 0 Å². The van der Waals surface area contributed by atoms with Gasteiger partial charge in [0.25, 0.3) is 0 Å². The highest BCUT2D eigenvalue weighted by Gasteiger charge is 2.19. The number of quaternary nitrogens is 1. The van der Waals surface area contributed by atoms with Crippen LogP contribution in [0.5, 0.6) is 0 Å². The van der Waals surface area contributed by atoms with Crippen LogP contribution in [0.1, 0.15) is 6.42 Å². The van der Waals surface area contributed by atoms with Gasteiger partial charge in [-0.05, 0) is 15.9 Å². The zero-order chi connectivity index (χ0) is 6.69. The smallest absolute Gasteiger partial charge is 0.182 e. The van der Waals surface area contributed by atoms with E-state index in [2.05, 4.69) is 26.4 Å². The zero-order valence-corrected chi connectivity index (χ0v) is 8.02. The summed E-state index contributed by atoms with van der Waals surface area (Å²) in [5, 5.41) is 5.84. The van der Waals surface area contributed by atoms with Gasteiger partial charge < -0.3 is 22.6 Å². The fourth-order valence-electron chi connectivity index (χ4n) is 0.783. The van der Waals surface area contributed by atoms with E-state index < -0.39 is 0 Å². The second kappa shape index (κ2) is 4.93. The van der Waals surface area contributed by atoms with Crippen LogP contribution in [-0.2, 0) is 4.84 Å². The number of nitrogens with zero attached hydrogens (tertiary/aromatic N) is 1. The minimum atomic E-state index is 0. The van der Waals surface area contributed by atoms with Crippen LogP contribution in [-0.4, -0.2) is 24.3 Å². The molecule has 0 radical (unpaired) electrons. The van der Waals surface area contributed by atoms with Crippen molar-refractivity contribution in [1.82, 2.24) is 0 Å². The number of hydrogen-bond donors (Lipinski definition) is 1. The van der Waals surface area contributed by atoms with Crippen LogP contribution >= 0.6 is 15.9 Å². The summed E-state index contributed by atoms with van der Waals surface area (Å²) >= 11 is 3.26. The van der Waals surface area contributed by atoms with E-state index in [1.165, 1.54) is 0 Å². The van der Waals surface area contributed by atoms with E-state index in [0.717, 1.165) is 17.6 Å². The van der Waals surface area contributed by atoms with Crippen molar-refractivity contribution in [3.8, 4) is 0 Å². The number of rotatable bonds is 2. The second-order valence-electron chi connectivity index (χ2n) is 2.04. The van der Waals surface area contributed by atoms with E-state index in [9.17, 15) is 0 Å². The molecule has 0 spiro atoms. The van der Waals surface area contributed by atoms with Crippen molar-refractivity contribution < 1.29 is 22.6 Å². The van der Waals surface area contributed by atoms with E-state index in [1.807, 2.05) is 7.05 Å². The monoisotopic (exact) mass is 228 g/mol. The van der Waals surface area contributed by atoms with Crippen LogP contribution in [0.25, 0.3) is 0 Å². The molecule has 3 nitrogen and oxygen atoms in total. The van der Waals surface area contributed by atoms with Crippen LogP contribution in [0.4, 0.5) is 0 Å². The van der Waals surface area contributed by atoms with E-state index >= 15 is 0 Å². The Labute approximate surface area is 74.7 Å². The summed E-state index contributed by atoms with van der Waals surface area (Å²) in [7, 11) is 2.02. The third-order valence-corrected chi connectivity index (χ3v) is 1.66. The van der Waals surface area contributed by atoms with Crippen molar-refractivity contribution in [3.63, 3.8) is 0 Å². The van der Waals surface area contributed by atoms with Crippen LogP contribution in [0, 0.1) is 0 Å². The van der Waals surface area contributed by atoms with E-state index in [-0.39, 0.29) is 18.5 Å². The van der Waals surface area contributed by atoms with E-state index in [1.54, 1.807) is 0 Å². The van der Waals surface area contributed by atoms with Gasteiger partial charge in [0.2, 0.25) is 0 Å². The molecule has 0 fully saturated rings. The first-order valence-electron chi connectivity index (χ1n) is 2.99. The van der Waals surface area contributed by atoms with Crippen LogP contribution in [0.3, 0.4) is 0 Å². The normalized spacial score (nSPS) is 23.0. The summed E-state index contributed by atoms with van der Waals surface area (Å²) in [5.74, 6) is 0. The van der Waals surface area contributed by atoms with Gasteiger partial charge >= 0.3 is 0 Å². The SMILES string of the molecule is C[NH2+]CC1CC(Br)=NO1.[Cl-]. The Kier molecular flexibility index (Phi) is 5.03. The maximum atomic E-state index is 5.02. The molecule has 1 aliphatic rings. The Balaban J connectivity index is 0.000000810. The highest BCUT2D eigenvalue weighted by Crippen LogP contribution is 2.11. The average Bonchev–Trinajstić information content (AvgIpc) is 2.17. The first kappa shape index (κ1) is 10.2. The van der Waals surface area contributed by atoms with Gasteiger partial charge in [0.05, 0.1) is 7.05 Å². The molecular weight excluding hydrogens is 219 g/mol. The molecule has 0 bridgehead atoms. The predicted octanol–water partition coefficient (Wildman–Crippen LogP) is -3.32. The first-order valence-corrected chi connectivity index (χ1v) is 3.78. The Morgan fingerprint density at radius 2 is 2.60 bits per heavy atom. The van der Waals surface area contributed by atoms with Gasteiger partial charge in [-0.3, -0.25) is 0 Å². The zero-order valence-electron chi connectivity index (χ0n) is 5.68. The maximum Gasteiger partial charge on any atom is 0.182 e. The highest BCUT2D eigenvalue weighted by molar-refractivity contribution is 9.18. The molecule has 5 heteroatoms. The predicted molar refractivity (Wildman–Crippen MR) is 38.6 cm³/mol. The van der Waals surface area contributed by atoms with Crippen LogP contribution in [0.2, 0.25) is 0 Å². The lowest BCUT2D eigenvalue weighted by atomic mass is 10.3. The van der Waals surface area contributed by atoms with Crippen molar-refractivity contribution in [3.05, 3.63) is 0 Å². The first-order chi connectivity index (χ1) is 4.33. The van der Waals surface area contributed by atoms with Gasteiger partial charge in [-0.15, -0.1) is 0 Å². The molecule has 1 heterocycles. The number of halogens is 2. The molecule has 1 rings (SSSR count). The molecule has 1 atom stereocenters. The van der Waals surface area contributed by atoms with Crippen molar-refractivity contribution in [2.75, 3.05) is 13.6 Å². The molecule has 2 N–H and O–H groups in total. The molecule has 0 aromatic heterocycles. The number of hydrogen-bond acceptors (Lipinski definition) is 2. The minimum Gasteiger partial charge on any atom is -1.00 e. The summed E-state index contributed by atoms with van der Waals surface area (Å²) in [6, 6.07) is 0. The largest absolute Gasteiger partial charge is 1.00 e. The molecule has 0 saturated heterocycles. The molecule has 0 aromatic carbocycles. The average molecular weight is 230 g/mol. The molecular formula is C5H10BrClN2O. The quantitative estimate of drug-likeness (QED) is 0.529. The number of oxime groups is 1. The second-order valence-corrected chi connectivity index (χ2v) is 2.96. The number of likely N-dealkylation sites (N-methyl/N-ethyl adjacent to an activating group) is 1. The summed E-state index contributed by atoms with van der Waals surface area (Å²) in [5.41, 5.74) is 0. The van der Waals surface area contributed by atoms with Crippen molar-refractivity contribution in [2.45, 2.75) is 12.5 Å². The number of nitrogens with two attached hydrogens (primary N) is 1. The van der Waals surface area contributed by atoms with Crippen LogP contribution in [0.15, 0.2) is 5.16 Å². The maximum absolute atomic E-state index is 5.02. The lowest BCUT2D eigenvalue weighted by Gasteiger charge is -2.01. The molecule has 10 heavy (non-hydrogen) atoms. The van der Waals surface area contributed by atoms with Gasteiger partial charge in [-0.2, -0.15) is 0 Å². The standard InChI is InChI=1S/C5H9BrN2O.ClH/c1-7-3-4-2-5(6)8-9-4;/h4,7H,2-3H2,1H3;1H. The topological polar surface area (TPSA) is 38.2 Å². The Bertz CT molecular complexity index is 131.